The summed E-state index contributed by atoms with van der Waals surface area (Å²) in [5.74, 6) is 0. The van der Waals surface area contributed by atoms with Gasteiger partial charge in [-0.15, -0.1) is 11.3 Å². The Morgan fingerprint density at radius 3 is 2.62 bits per heavy atom. The van der Waals surface area contributed by atoms with Crippen LogP contribution in [0.5, 0.6) is 0 Å². The fourth-order valence-corrected chi connectivity index (χ4v) is 3.20. The van der Waals surface area contributed by atoms with Crippen LogP contribution in [0.2, 0.25) is 0 Å². The van der Waals surface area contributed by atoms with E-state index in [2.05, 4.69) is 31.9 Å². The monoisotopic (exact) mass is 377 g/mol. The minimum absolute atomic E-state index is 0.176. The smallest absolute Gasteiger partial charge is 0.261 e. The van der Waals surface area contributed by atoms with Crippen LogP contribution in [0.1, 0.15) is 17.3 Å². The van der Waals surface area contributed by atoms with Crippen molar-refractivity contribution >= 4 is 43.2 Å². The number of thiophene rings is 1. The Kier molecular flexibility index (Phi) is 6.35. The number of nitrogens with two attached hydrogens (primary N) is 1. The van der Waals surface area contributed by atoms with E-state index in [-0.39, 0.29) is 12.6 Å². The van der Waals surface area contributed by atoms with E-state index in [1.165, 1.54) is 11.3 Å². The molecule has 1 aromatic rings. The normalized spacial score (nSPS) is 13.4. The predicted octanol–water partition coefficient (Wildman–Crippen LogP) is 3.94. The largest absolute Gasteiger partial charge is 0.375 e. The highest BCUT2D eigenvalue weighted by atomic mass is 79.9. The van der Waals surface area contributed by atoms with Gasteiger partial charge in [-0.05, 0) is 44.3 Å². The molecule has 0 saturated heterocycles. The van der Waals surface area contributed by atoms with E-state index in [0.717, 1.165) is 13.1 Å². The Morgan fingerprint density at radius 2 is 2.12 bits per heavy atom. The van der Waals surface area contributed by atoms with E-state index in [1.54, 1.807) is 0 Å². The fourth-order valence-electron chi connectivity index (χ4n) is 1.07. The highest BCUT2D eigenvalue weighted by Gasteiger charge is 2.12. The van der Waals surface area contributed by atoms with Crippen molar-refractivity contribution in [3.8, 4) is 0 Å². The summed E-state index contributed by atoms with van der Waals surface area (Å²) in [6.07, 6.45) is -1.88. The van der Waals surface area contributed by atoms with E-state index < -0.39 is 13.0 Å². The van der Waals surface area contributed by atoms with Gasteiger partial charge in [-0.25, -0.2) is 8.78 Å². The molecule has 0 fully saturated rings. The first kappa shape index (κ1) is 14.5. The molecule has 0 aliphatic heterocycles. The third-order valence-corrected chi connectivity index (χ3v) is 5.23. The predicted molar refractivity (Wildman–Crippen MR) is 68.1 cm³/mol. The average Bonchev–Trinajstić information content (AvgIpc) is 2.54. The van der Waals surface area contributed by atoms with Crippen molar-refractivity contribution in [1.29, 1.82) is 0 Å². The summed E-state index contributed by atoms with van der Waals surface area (Å²) in [6, 6.07) is 1.75. The molecule has 7 heteroatoms. The zero-order valence-electron chi connectivity index (χ0n) is 8.26. The van der Waals surface area contributed by atoms with Gasteiger partial charge < -0.3 is 10.5 Å². The average molecular weight is 379 g/mol. The van der Waals surface area contributed by atoms with Crippen molar-refractivity contribution in [3.63, 3.8) is 0 Å². The van der Waals surface area contributed by atoms with Gasteiger partial charge in [0.15, 0.2) is 0 Å². The summed E-state index contributed by atoms with van der Waals surface area (Å²) < 4.78 is 30.3. The summed E-state index contributed by atoms with van der Waals surface area (Å²) in [5, 5.41) is 0. The van der Waals surface area contributed by atoms with E-state index >= 15 is 0 Å². The lowest BCUT2D eigenvalue weighted by molar-refractivity contribution is 0.0153. The molecule has 1 rings (SSSR count). The van der Waals surface area contributed by atoms with Gasteiger partial charge in [0, 0.05) is 22.0 Å². The van der Waals surface area contributed by atoms with E-state index in [1.807, 2.05) is 6.07 Å². The third-order valence-electron chi connectivity index (χ3n) is 1.85. The van der Waals surface area contributed by atoms with Crippen molar-refractivity contribution in [2.75, 3.05) is 13.2 Å². The van der Waals surface area contributed by atoms with Gasteiger partial charge >= 0.3 is 0 Å². The van der Waals surface area contributed by atoms with Crippen molar-refractivity contribution in [2.24, 2.45) is 5.73 Å². The van der Waals surface area contributed by atoms with Crippen molar-refractivity contribution in [3.05, 3.63) is 19.2 Å². The molecule has 1 atom stereocenters. The topological polar surface area (TPSA) is 35.2 Å². The fraction of sp³-hybridized carbons (Fsp3) is 0.556. The van der Waals surface area contributed by atoms with Crippen LogP contribution in [0, 0.1) is 0 Å². The Hall–Kier alpha value is 0.440. The van der Waals surface area contributed by atoms with E-state index in [4.69, 9.17) is 10.5 Å². The van der Waals surface area contributed by atoms with Crippen LogP contribution in [0.15, 0.2) is 14.3 Å². The van der Waals surface area contributed by atoms with Crippen LogP contribution in [-0.4, -0.2) is 19.6 Å². The van der Waals surface area contributed by atoms with Gasteiger partial charge in [0.2, 0.25) is 0 Å². The molecule has 1 heterocycles. The zero-order chi connectivity index (χ0) is 12.1. The lowest BCUT2D eigenvalue weighted by Gasteiger charge is -2.09. The minimum atomic E-state index is -2.42. The molecular formula is C9H11Br2F2NOS. The summed E-state index contributed by atoms with van der Waals surface area (Å²) in [7, 11) is 0. The molecule has 0 bridgehead atoms. The molecule has 0 aromatic carbocycles. The van der Waals surface area contributed by atoms with Crippen LogP contribution in [0.3, 0.4) is 0 Å². The second-order valence-electron chi connectivity index (χ2n) is 3.13. The van der Waals surface area contributed by atoms with Gasteiger partial charge in [0.25, 0.3) is 6.43 Å². The standard InChI is InChI=1S/C9H11Br2F2NOS/c10-5-3-7(16-9(5)11)6(14)1-2-15-4-8(12)13/h3,6,8H,1-2,4,14H2. The molecule has 0 saturated carbocycles. The number of ether oxygens (including phenoxy) is 1. The first-order chi connectivity index (χ1) is 7.50. The second kappa shape index (κ2) is 7.00. The van der Waals surface area contributed by atoms with Crippen LogP contribution in [0.25, 0.3) is 0 Å². The summed E-state index contributed by atoms with van der Waals surface area (Å²) in [6.45, 7) is -0.275. The first-order valence-corrected chi connectivity index (χ1v) is 6.97. The molecule has 0 aliphatic carbocycles. The van der Waals surface area contributed by atoms with Gasteiger partial charge in [-0.1, -0.05) is 0 Å². The molecule has 2 N–H and O–H groups in total. The van der Waals surface area contributed by atoms with Crippen molar-refractivity contribution < 1.29 is 13.5 Å². The van der Waals surface area contributed by atoms with Gasteiger partial charge in [0.1, 0.15) is 6.61 Å². The molecule has 2 nitrogen and oxygen atoms in total. The maximum Gasteiger partial charge on any atom is 0.261 e. The lowest BCUT2D eigenvalue weighted by Crippen LogP contribution is -2.13. The van der Waals surface area contributed by atoms with Crippen molar-refractivity contribution in [1.82, 2.24) is 0 Å². The second-order valence-corrected chi connectivity index (χ2v) is 6.39. The molecule has 0 aliphatic rings. The molecule has 1 unspecified atom stereocenters. The number of rotatable bonds is 6. The van der Waals surface area contributed by atoms with Gasteiger partial charge in [-0.3, -0.25) is 0 Å². The quantitative estimate of drug-likeness (QED) is 0.760. The molecule has 92 valence electrons. The number of alkyl halides is 2. The SMILES string of the molecule is NC(CCOCC(F)F)c1cc(Br)c(Br)s1. The zero-order valence-corrected chi connectivity index (χ0v) is 12.2. The third kappa shape index (κ3) is 4.75. The maximum absolute atomic E-state index is 11.8. The van der Waals surface area contributed by atoms with Gasteiger partial charge in [0.05, 0.1) is 3.79 Å². The first-order valence-electron chi connectivity index (χ1n) is 4.57. The molecule has 0 radical (unpaired) electrons. The Balaban J connectivity index is 2.32. The van der Waals surface area contributed by atoms with E-state index in [9.17, 15) is 8.78 Å². The number of halogens is 4. The minimum Gasteiger partial charge on any atom is -0.375 e. The molecule has 0 spiro atoms. The van der Waals surface area contributed by atoms with Crippen LogP contribution >= 0.6 is 43.2 Å². The van der Waals surface area contributed by atoms with Gasteiger partial charge in [-0.2, -0.15) is 0 Å². The Bertz CT molecular complexity index is 316. The number of hydrogen-bond donors (Lipinski definition) is 1. The molecule has 0 amide bonds. The summed E-state index contributed by atoms with van der Waals surface area (Å²) in [5.41, 5.74) is 5.90. The Morgan fingerprint density at radius 1 is 1.44 bits per heavy atom. The maximum atomic E-state index is 11.8. The molecule has 1 aromatic heterocycles. The summed E-state index contributed by atoms with van der Waals surface area (Å²) >= 11 is 8.26. The van der Waals surface area contributed by atoms with Crippen LogP contribution in [0.4, 0.5) is 8.78 Å². The van der Waals surface area contributed by atoms with Crippen LogP contribution in [-0.2, 0) is 4.74 Å². The highest BCUT2D eigenvalue weighted by Crippen LogP contribution is 2.35. The summed E-state index contributed by atoms with van der Waals surface area (Å²) in [4.78, 5) is 0.999. The van der Waals surface area contributed by atoms with Crippen molar-refractivity contribution in [2.45, 2.75) is 18.9 Å². The highest BCUT2D eigenvalue weighted by molar-refractivity contribution is 9.13. The van der Waals surface area contributed by atoms with E-state index in [0.29, 0.717) is 6.42 Å². The molecule has 16 heavy (non-hydrogen) atoms. The Labute approximate surface area is 113 Å². The number of hydrogen-bond acceptors (Lipinski definition) is 3. The lowest BCUT2D eigenvalue weighted by atomic mass is 10.2. The molecular weight excluding hydrogens is 368 g/mol. The van der Waals surface area contributed by atoms with Crippen LogP contribution < -0.4 is 5.73 Å².